The third kappa shape index (κ3) is 4.38. The van der Waals surface area contributed by atoms with E-state index >= 15 is 0 Å². The minimum absolute atomic E-state index is 0.0627. The van der Waals surface area contributed by atoms with Gasteiger partial charge in [-0.05, 0) is 56.6 Å². The van der Waals surface area contributed by atoms with Gasteiger partial charge in [0.1, 0.15) is 5.75 Å². The fraction of sp³-hybridized carbons (Fsp3) is 0.471. The van der Waals surface area contributed by atoms with Crippen molar-refractivity contribution in [1.82, 2.24) is 0 Å². The predicted molar refractivity (Wildman–Crippen MR) is 76.9 cm³/mol. The summed E-state index contributed by atoms with van der Waals surface area (Å²) in [6.07, 6.45) is 7.65. The molecule has 0 atom stereocenters. The molecular formula is C17H20F2O2. The van der Waals surface area contributed by atoms with Crippen molar-refractivity contribution in [3.63, 3.8) is 0 Å². The van der Waals surface area contributed by atoms with Crippen molar-refractivity contribution >= 4 is 5.97 Å². The first-order valence-corrected chi connectivity index (χ1v) is 7.37. The van der Waals surface area contributed by atoms with Gasteiger partial charge in [-0.2, -0.15) is 0 Å². The summed E-state index contributed by atoms with van der Waals surface area (Å²) in [6.45, 7) is 3.72. The summed E-state index contributed by atoms with van der Waals surface area (Å²) >= 11 is 0. The Kier molecular flexibility index (Phi) is 5.48. The van der Waals surface area contributed by atoms with Crippen LogP contribution in [0.4, 0.5) is 8.78 Å². The summed E-state index contributed by atoms with van der Waals surface area (Å²) in [4.78, 5) is 12.0. The number of carbonyl (C=O) groups excluding carboxylic acids is 1. The van der Waals surface area contributed by atoms with Gasteiger partial charge in [0, 0.05) is 6.07 Å². The smallest absolute Gasteiger partial charge is 0.314 e. The average Bonchev–Trinajstić information content (AvgIpc) is 2.49. The molecule has 0 aromatic heterocycles. The van der Waals surface area contributed by atoms with E-state index in [1.807, 2.05) is 6.08 Å². The number of benzene rings is 1. The molecule has 4 heteroatoms. The van der Waals surface area contributed by atoms with Crippen LogP contribution in [0.1, 0.15) is 38.5 Å². The Balaban J connectivity index is 1.84. The number of halogens is 2. The highest BCUT2D eigenvalue weighted by Gasteiger charge is 2.27. The van der Waals surface area contributed by atoms with Gasteiger partial charge in [-0.15, -0.1) is 6.58 Å². The van der Waals surface area contributed by atoms with E-state index < -0.39 is 11.6 Å². The summed E-state index contributed by atoms with van der Waals surface area (Å²) < 4.78 is 31.0. The molecule has 1 aliphatic carbocycles. The predicted octanol–water partition coefficient (Wildman–Crippen LogP) is 4.64. The number of allylic oxidation sites excluding steroid dienone is 1. The van der Waals surface area contributed by atoms with Gasteiger partial charge in [-0.1, -0.05) is 6.08 Å². The topological polar surface area (TPSA) is 26.3 Å². The fourth-order valence-electron chi connectivity index (χ4n) is 2.78. The first-order chi connectivity index (χ1) is 10.1. The molecule has 2 nitrogen and oxygen atoms in total. The minimum Gasteiger partial charge on any atom is -0.426 e. The Hall–Kier alpha value is -1.71. The van der Waals surface area contributed by atoms with E-state index in [2.05, 4.69) is 6.58 Å². The Labute approximate surface area is 123 Å². The largest absolute Gasteiger partial charge is 0.426 e. The van der Waals surface area contributed by atoms with E-state index in [0.29, 0.717) is 5.92 Å². The molecule has 0 bridgehead atoms. The van der Waals surface area contributed by atoms with Crippen molar-refractivity contribution < 1.29 is 18.3 Å². The van der Waals surface area contributed by atoms with Crippen LogP contribution in [0.2, 0.25) is 0 Å². The maximum atomic E-state index is 13.1. The Morgan fingerprint density at radius 2 is 1.95 bits per heavy atom. The summed E-state index contributed by atoms with van der Waals surface area (Å²) in [6, 6.07) is 3.14. The van der Waals surface area contributed by atoms with Crippen molar-refractivity contribution in [3.8, 4) is 5.75 Å². The molecule has 0 spiro atoms. The van der Waals surface area contributed by atoms with Crippen molar-refractivity contribution in [1.29, 1.82) is 0 Å². The first-order valence-electron chi connectivity index (χ1n) is 7.37. The van der Waals surface area contributed by atoms with Gasteiger partial charge >= 0.3 is 5.97 Å². The zero-order chi connectivity index (χ0) is 15.2. The standard InChI is InChI=1S/C17H20F2O2/c1-2-3-4-12-5-7-13(8-6-12)17(20)21-14-9-10-15(18)16(19)11-14/h2,9-13H,1,3-8H2/t12-,13-. The molecular weight excluding hydrogens is 274 g/mol. The molecule has 0 N–H and O–H groups in total. The Morgan fingerprint density at radius 3 is 2.57 bits per heavy atom. The quantitative estimate of drug-likeness (QED) is 0.449. The third-order valence-electron chi connectivity index (χ3n) is 4.07. The summed E-state index contributed by atoms with van der Waals surface area (Å²) in [5, 5.41) is 0. The van der Waals surface area contributed by atoms with Crippen LogP contribution in [0.15, 0.2) is 30.9 Å². The van der Waals surface area contributed by atoms with Gasteiger partial charge in [0.15, 0.2) is 11.6 Å². The molecule has 0 heterocycles. The summed E-state index contributed by atoms with van der Waals surface area (Å²) in [5.41, 5.74) is 0. The number of ether oxygens (including phenoxy) is 1. The summed E-state index contributed by atoms with van der Waals surface area (Å²) in [7, 11) is 0. The van der Waals surface area contributed by atoms with E-state index in [4.69, 9.17) is 4.74 Å². The van der Waals surface area contributed by atoms with Crippen molar-refractivity contribution in [2.45, 2.75) is 38.5 Å². The second-order valence-electron chi connectivity index (χ2n) is 5.58. The Bertz CT molecular complexity index is 506. The first kappa shape index (κ1) is 15.7. The number of hydrogen-bond donors (Lipinski definition) is 0. The highest BCUT2D eigenvalue weighted by molar-refractivity contribution is 5.75. The third-order valence-corrected chi connectivity index (χ3v) is 4.07. The zero-order valence-electron chi connectivity index (χ0n) is 12.0. The lowest BCUT2D eigenvalue weighted by Gasteiger charge is -2.26. The number of carbonyl (C=O) groups is 1. The lowest BCUT2D eigenvalue weighted by molar-refractivity contribution is -0.140. The number of hydrogen-bond acceptors (Lipinski definition) is 2. The normalized spacial score (nSPS) is 21.8. The Morgan fingerprint density at radius 1 is 1.24 bits per heavy atom. The molecule has 1 aliphatic rings. The molecule has 0 amide bonds. The number of rotatable bonds is 5. The van der Waals surface area contributed by atoms with Crippen LogP contribution in [0, 0.1) is 23.5 Å². The van der Waals surface area contributed by atoms with Gasteiger partial charge in [-0.25, -0.2) is 8.78 Å². The van der Waals surface area contributed by atoms with Crippen LogP contribution in [0.3, 0.4) is 0 Å². The molecule has 0 unspecified atom stereocenters. The molecule has 2 rings (SSSR count). The van der Waals surface area contributed by atoms with E-state index in [9.17, 15) is 13.6 Å². The monoisotopic (exact) mass is 294 g/mol. The van der Waals surface area contributed by atoms with Crippen LogP contribution >= 0.6 is 0 Å². The minimum atomic E-state index is -1.01. The van der Waals surface area contributed by atoms with Crippen LogP contribution in [0.25, 0.3) is 0 Å². The van der Waals surface area contributed by atoms with Gasteiger partial charge in [-0.3, -0.25) is 4.79 Å². The molecule has 1 saturated carbocycles. The van der Waals surface area contributed by atoms with Crippen LogP contribution < -0.4 is 4.74 Å². The van der Waals surface area contributed by atoms with E-state index in [0.717, 1.165) is 50.7 Å². The molecule has 0 aliphatic heterocycles. The van der Waals surface area contributed by atoms with Crippen molar-refractivity contribution in [2.24, 2.45) is 11.8 Å². The van der Waals surface area contributed by atoms with E-state index in [1.165, 1.54) is 6.07 Å². The fourth-order valence-corrected chi connectivity index (χ4v) is 2.78. The van der Waals surface area contributed by atoms with Crippen molar-refractivity contribution in [2.75, 3.05) is 0 Å². The van der Waals surface area contributed by atoms with Gasteiger partial charge in [0.2, 0.25) is 0 Å². The molecule has 114 valence electrons. The van der Waals surface area contributed by atoms with E-state index in [-0.39, 0.29) is 17.6 Å². The SMILES string of the molecule is C=CCC[C@H]1CC[C@H](C(=O)Oc2ccc(F)c(F)c2)CC1. The molecule has 21 heavy (non-hydrogen) atoms. The van der Waals surface area contributed by atoms with Crippen LogP contribution in [-0.2, 0) is 4.79 Å². The molecule has 0 saturated heterocycles. The molecule has 0 radical (unpaired) electrons. The maximum Gasteiger partial charge on any atom is 0.314 e. The summed E-state index contributed by atoms with van der Waals surface area (Å²) in [5.74, 6) is -1.73. The zero-order valence-corrected chi connectivity index (χ0v) is 12.0. The molecule has 1 aromatic rings. The van der Waals surface area contributed by atoms with E-state index in [1.54, 1.807) is 0 Å². The number of esters is 1. The van der Waals surface area contributed by atoms with Crippen LogP contribution in [-0.4, -0.2) is 5.97 Å². The highest BCUT2D eigenvalue weighted by Crippen LogP contribution is 2.32. The molecule has 1 fully saturated rings. The molecule has 1 aromatic carbocycles. The van der Waals surface area contributed by atoms with Gasteiger partial charge < -0.3 is 4.74 Å². The van der Waals surface area contributed by atoms with Crippen LogP contribution in [0.5, 0.6) is 5.75 Å². The lowest BCUT2D eigenvalue weighted by atomic mass is 9.80. The maximum absolute atomic E-state index is 13.1. The average molecular weight is 294 g/mol. The second-order valence-corrected chi connectivity index (χ2v) is 5.58. The second kappa shape index (κ2) is 7.34. The van der Waals surface area contributed by atoms with Gasteiger partial charge in [0.05, 0.1) is 5.92 Å². The highest BCUT2D eigenvalue weighted by atomic mass is 19.2. The van der Waals surface area contributed by atoms with Crippen molar-refractivity contribution in [3.05, 3.63) is 42.5 Å². The van der Waals surface area contributed by atoms with Gasteiger partial charge in [0.25, 0.3) is 0 Å². The lowest BCUT2D eigenvalue weighted by Crippen LogP contribution is -2.25.